The highest BCUT2D eigenvalue weighted by atomic mass is 79.9. The molecule has 4 heteroatoms. The molecule has 0 bridgehead atoms. The van der Waals surface area contributed by atoms with Crippen molar-refractivity contribution in [3.8, 4) is 0 Å². The fourth-order valence-corrected chi connectivity index (χ4v) is 1.41. The first-order chi connectivity index (χ1) is 7.67. The van der Waals surface area contributed by atoms with E-state index in [2.05, 4.69) is 22.9 Å². The first-order valence-electron chi connectivity index (χ1n) is 5.63. The van der Waals surface area contributed by atoms with Gasteiger partial charge in [0.1, 0.15) is 0 Å². The second kappa shape index (κ2) is 9.58. The zero-order chi connectivity index (χ0) is 12.4. The van der Waals surface area contributed by atoms with E-state index in [1.165, 1.54) is 0 Å². The van der Waals surface area contributed by atoms with Crippen molar-refractivity contribution in [2.45, 2.75) is 39.5 Å². The van der Waals surface area contributed by atoms with Crippen molar-refractivity contribution in [3.05, 3.63) is 11.6 Å². The number of ether oxygens (including phenoxy) is 1. The molecule has 0 aliphatic heterocycles. The molecule has 0 unspecified atom stereocenters. The van der Waals surface area contributed by atoms with E-state index in [-0.39, 0.29) is 16.7 Å². The Labute approximate surface area is 105 Å². The number of hydrogen-bond donors (Lipinski definition) is 0. The van der Waals surface area contributed by atoms with Crippen molar-refractivity contribution in [1.29, 1.82) is 0 Å². The van der Waals surface area contributed by atoms with E-state index in [9.17, 15) is 9.59 Å². The summed E-state index contributed by atoms with van der Waals surface area (Å²) in [6.07, 6.45) is 5.20. The van der Waals surface area contributed by atoms with Gasteiger partial charge in [0.25, 0.3) is 0 Å². The third kappa shape index (κ3) is 6.05. The number of allylic oxidation sites excluding steroid dienone is 1. The summed E-state index contributed by atoms with van der Waals surface area (Å²) >= 11 is 3.06. The fraction of sp³-hybridized carbons (Fsp3) is 0.667. The predicted octanol–water partition coefficient (Wildman–Crippen LogP) is 3.02. The number of halogens is 1. The van der Waals surface area contributed by atoms with E-state index in [0.717, 1.165) is 25.7 Å². The maximum absolute atomic E-state index is 11.6. The fourth-order valence-electron chi connectivity index (χ4n) is 1.11. The highest BCUT2D eigenvalue weighted by Crippen LogP contribution is 2.07. The Morgan fingerprint density at radius 2 is 1.94 bits per heavy atom. The minimum Gasteiger partial charge on any atom is -0.462 e. The first-order valence-corrected chi connectivity index (χ1v) is 6.75. The van der Waals surface area contributed by atoms with E-state index in [1.807, 2.05) is 6.92 Å². The average Bonchev–Trinajstić information content (AvgIpc) is 2.30. The summed E-state index contributed by atoms with van der Waals surface area (Å²) in [5.41, 5.74) is 0.179. The smallest absolute Gasteiger partial charge is 0.341 e. The van der Waals surface area contributed by atoms with Gasteiger partial charge in [0, 0.05) is 0 Å². The Bertz CT molecular complexity index is 259. The molecule has 0 N–H and O–H groups in total. The normalized spacial score (nSPS) is 11.3. The molecule has 0 aliphatic rings. The molecule has 3 nitrogen and oxygen atoms in total. The predicted molar refractivity (Wildman–Crippen MR) is 67.7 cm³/mol. The SMILES string of the molecule is CCCCC=C(C(=O)CBr)C(=O)OCCC. The second-order valence-electron chi connectivity index (χ2n) is 3.45. The van der Waals surface area contributed by atoms with Crippen molar-refractivity contribution >= 4 is 27.7 Å². The second-order valence-corrected chi connectivity index (χ2v) is 4.01. The molecule has 0 spiro atoms. The molecule has 0 fully saturated rings. The molecule has 0 aromatic rings. The number of carbonyl (C=O) groups excluding carboxylic acids is 2. The number of alkyl halides is 1. The third-order valence-corrected chi connectivity index (χ3v) is 2.49. The van der Waals surface area contributed by atoms with Crippen LogP contribution in [0.25, 0.3) is 0 Å². The van der Waals surface area contributed by atoms with Gasteiger partial charge in [-0.2, -0.15) is 0 Å². The van der Waals surface area contributed by atoms with Crippen molar-refractivity contribution in [2.75, 3.05) is 11.9 Å². The molecule has 0 rings (SSSR count). The van der Waals surface area contributed by atoms with Crippen molar-refractivity contribution in [2.24, 2.45) is 0 Å². The average molecular weight is 291 g/mol. The number of hydrogen-bond acceptors (Lipinski definition) is 3. The van der Waals surface area contributed by atoms with Crippen molar-refractivity contribution in [3.63, 3.8) is 0 Å². The zero-order valence-electron chi connectivity index (χ0n) is 9.92. The van der Waals surface area contributed by atoms with E-state index < -0.39 is 5.97 Å². The van der Waals surface area contributed by atoms with Gasteiger partial charge >= 0.3 is 5.97 Å². The number of unbranched alkanes of at least 4 members (excludes halogenated alkanes) is 2. The van der Waals surface area contributed by atoms with E-state index in [1.54, 1.807) is 6.08 Å². The Morgan fingerprint density at radius 3 is 2.44 bits per heavy atom. The van der Waals surface area contributed by atoms with Gasteiger partial charge in [-0.1, -0.05) is 48.7 Å². The Morgan fingerprint density at radius 1 is 1.25 bits per heavy atom. The van der Waals surface area contributed by atoms with Crippen LogP contribution in [0.3, 0.4) is 0 Å². The van der Waals surface area contributed by atoms with Gasteiger partial charge in [0.15, 0.2) is 5.78 Å². The van der Waals surface area contributed by atoms with Crippen LogP contribution in [-0.4, -0.2) is 23.7 Å². The lowest BCUT2D eigenvalue weighted by atomic mass is 10.1. The number of rotatable bonds is 8. The Hall–Kier alpha value is -0.640. The molecular weight excluding hydrogens is 272 g/mol. The van der Waals surface area contributed by atoms with Crippen LogP contribution in [0.1, 0.15) is 39.5 Å². The van der Waals surface area contributed by atoms with Crippen LogP contribution in [0.2, 0.25) is 0 Å². The van der Waals surface area contributed by atoms with E-state index >= 15 is 0 Å². The largest absolute Gasteiger partial charge is 0.462 e. The molecule has 0 saturated carbocycles. The molecule has 0 aromatic carbocycles. The summed E-state index contributed by atoms with van der Waals surface area (Å²) in [6, 6.07) is 0. The van der Waals surface area contributed by atoms with Crippen LogP contribution in [-0.2, 0) is 14.3 Å². The summed E-state index contributed by atoms with van der Waals surface area (Å²) in [4.78, 5) is 23.1. The monoisotopic (exact) mass is 290 g/mol. The summed E-state index contributed by atoms with van der Waals surface area (Å²) in [5.74, 6) is -0.709. The van der Waals surface area contributed by atoms with Crippen LogP contribution in [0, 0.1) is 0 Å². The molecule has 16 heavy (non-hydrogen) atoms. The topological polar surface area (TPSA) is 43.4 Å². The standard InChI is InChI=1S/C12H19BrO3/c1-3-5-6-7-10(11(14)9-13)12(15)16-8-4-2/h7H,3-6,8-9H2,1-2H3. The van der Waals surface area contributed by atoms with Gasteiger partial charge in [-0.05, 0) is 12.8 Å². The maximum Gasteiger partial charge on any atom is 0.341 e. The molecule has 0 aliphatic carbocycles. The lowest BCUT2D eigenvalue weighted by molar-refractivity contribution is -0.140. The van der Waals surface area contributed by atoms with Gasteiger partial charge < -0.3 is 4.74 Å². The maximum atomic E-state index is 11.6. The molecule has 0 amide bonds. The molecule has 0 heterocycles. The van der Waals surface area contributed by atoms with Crippen LogP contribution in [0.5, 0.6) is 0 Å². The lowest BCUT2D eigenvalue weighted by Gasteiger charge is -2.05. The highest BCUT2D eigenvalue weighted by molar-refractivity contribution is 9.09. The minimum atomic E-state index is -0.498. The summed E-state index contributed by atoms with van der Waals surface area (Å²) in [5, 5.41) is 0.159. The summed E-state index contributed by atoms with van der Waals surface area (Å²) in [6.45, 7) is 4.34. The summed E-state index contributed by atoms with van der Waals surface area (Å²) < 4.78 is 4.96. The van der Waals surface area contributed by atoms with E-state index in [4.69, 9.17) is 4.74 Å². The Balaban J connectivity index is 4.46. The quantitative estimate of drug-likeness (QED) is 0.172. The minimum absolute atomic E-state index is 0.159. The first kappa shape index (κ1) is 15.4. The zero-order valence-corrected chi connectivity index (χ0v) is 11.5. The van der Waals surface area contributed by atoms with E-state index in [0.29, 0.717) is 6.61 Å². The molecule has 0 atom stereocenters. The number of esters is 1. The number of ketones is 1. The number of Topliss-reactive ketones (excluding diaryl/α,β-unsaturated/α-hetero) is 1. The third-order valence-electron chi connectivity index (χ3n) is 1.99. The van der Waals surface area contributed by atoms with Crippen molar-refractivity contribution < 1.29 is 14.3 Å². The van der Waals surface area contributed by atoms with Crippen LogP contribution in [0.4, 0.5) is 0 Å². The van der Waals surface area contributed by atoms with Gasteiger partial charge in [-0.25, -0.2) is 4.79 Å². The molecular formula is C12H19BrO3. The van der Waals surface area contributed by atoms with Crippen LogP contribution >= 0.6 is 15.9 Å². The highest BCUT2D eigenvalue weighted by Gasteiger charge is 2.17. The van der Waals surface area contributed by atoms with Crippen molar-refractivity contribution in [1.82, 2.24) is 0 Å². The number of carbonyl (C=O) groups is 2. The lowest BCUT2D eigenvalue weighted by Crippen LogP contribution is -2.17. The molecule has 0 radical (unpaired) electrons. The van der Waals surface area contributed by atoms with Gasteiger partial charge in [-0.15, -0.1) is 0 Å². The molecule has 92 valence electrons. The molecule has 0 aromatic heterocycles. The van der Waals surface area contributed by atoms with Crippen LogP contribution < -0.4 is 0 Å². The van der Waals surface area contributed by atoms with Gasteiger partial charge in [0.2, 0.25) is 0 Å². The Kier molecular flexibility index (Phi) is 9.19. The summed E-state index contributed by atoms with van der Waals surface area (Å²) in [7, 11) is 0. The van der Waals surface area contributed by atoms with Gasteiger partial charge in [-0.3, -0.25) is 4.79 Å². The molecule has 0 saturated heterocycles. The van der Waals surface area contributed by atoms with Crippen LogP contribution in [0.15, 0.2) is 11.6 Å². The van der Waals surface area contributed by atoms with Gasteiger partial charge in [0.05, 0.1) is 17.5 Å².